The first-order valence-corrected chi connectivity index (χ1v) is 9.34. The summed E-state index contributed by atoms with van der Waals surface area (Å²) in [5.74, 6) is -0.227. The quantitative estimate of drug-likeness (QED) is 0.665. The smallest absolute Gasteiger partial charge is 0.211 e. The third-order valence-electron chi connectivity index (χ3n) is 4.53. The molecule has 1 fully saturated rings. The summed E-state index contributed by atoms with van der Waals surface area (Å²) in [6.07, 6.45) is 0. The first-order valence-electron chi connectivity index (χ1n) is 8.08. The summed E-state index contributed by atoms with van der Waals surface area (Å²) < 4.78 is 14.0. The predicted octanol–water partition coefficient (Wildman–Crippen LogP) is 4.38. The van der Waals surface area contributed by atoms with Crippen molar-refractivity contribution in [1.82, 2.24) is 0 Å². The molecule has 0 aliphatic carbocycles. The number of anilines is 2. The van der Waals surface area contributed by atoms with E-state index in [-0.39, 0.29) is 11.2 Å². The third-order valence-corrected chi connectivity index (χ3v) is 5.71. The molecule has 2 heterocycles. The van der Waals surface area contributed by atoms with E-state index in [4.69, 9.17) is 11.6 Å². The van der Waals surface area contributed by atoms with Gasteiger partial charge in [0.1, 0.15) is 5.82 Å². The molecule has 0 unspecified atom stereocenters. The molecule has 3 nitrogen and oxygen atoms in total. The average Bonchev–Trinajstić information content (AvgIpc) is 2.63. The van der Waals surface area contributed by atoms with Crippen LogP contribution in [0, 0.1) is 5.82 Å². The second kappa shape index (κ2) is 6.65. The van der Waals surface area contributed by atoms with Gasteiger partial charge in [0.05, 0.1) is 5.69 Å². The molecule has 0 atom stereocenters. The zero-order valence-electron chi connectivity index (χ0n) is 13.4. The molecule has 1 saturated heterocycles. The minimum atomic E-state index is -0.227. The maximum atomic E-state index is 13.1. The van der Waals surface area contributed by atoms with Gasteiger partial charge < -0.3 is 9.80 Å². The molecular formula is C19H16ClFN2OS. The van der Waals surface area contributed by atoms with E-state index >= 15 is 0 Å². The fourth-order valence-electron chi connectivity index (χ4n) is 3.17. The lowest BCUT2D eigenvalue weighted by molar-refractivity contribution is 0.624. The Morgan fingerprint density at radius 1 is 0.960 bits per heavy atom. The molecule has 1 aliphatic rings. The first-order chi connectivity index (χ1) is 12.1. The van der Waals surface area contributed by atoms with Gasteiger partial charge in [-0.2, -0.15) is 0 Å². The van der Waals surface area contributed by atoms with E-state index in [0.29, 0.717) is 10.4 Å². The van der Waals surface area contributed by atoms with Gasteiger partial charge >= 0.3 is 0 Å². The summed E-state index contributed by atoms with van der Waals surface area (Å²) in [7, 11) is 0. The monoisotopic (exact) mass is 374 g/mol. The Labute approximate surface area is 153 Å². The summed E-state index contributed by atoms with van der Waals surface area (Å²) in [6, 6.07) is 12.0. The minimum Gasteiger partial charge on any atom is -0.368 e. The number of hydrogen-bond acceptors (Lipinski definition) is 4. The molecule has 1 aromatic heterocycles. The van der Waals surface area contributed by atoms with Crippen LogP contribution in [-0.4, -0.2) is 26.2 Å². The Morgan fingerprint density at radius 2 is 1.64 bits per heavy atom. The molecule has 4 rings (SSSR count). The van der Waals surface area contributed by atoms with Gasteiger partial charge in [0.2, 0.25) is 5.43 Å². The maximum Gasteiger partial charge on any atom is 0.211 e. The van der Waals surface area contributed by atoms with E-state index in [0.717, 1.165) is 42.3 Å². The van der Waals surface area contributed by atoms with Crippen molar-refractivity contribution in [3.05, 3.63) is 68.9 Å². The fourth-order valence-corrected chi connectivity index (χ4v) is 4.26. The summed E-state index contributed by atoms with van der Waals surface area (Å²) in [6.45, 7) is 3.10. The second-order valence-corrected chi connectivity index (χ2v) is 7.39. The van der Waals surface area contributed by atoms with Crippen LogP contribution in [0.25, 0.3) is 10.1 Å². The van der Waals surface area contributed by atoms with Crippen molar-refractivity contribution in [3.8, 4) is 0 Å². The van der Waals surface area contributed by atoms with Crippen LogP contribution in [0.5, 0.6) is 0 Å². The number of nitrogens with zero attached hydrogens (tertiary/aromatic N) is 2. The largest absolute Gasteiger partial charge is 0.368 e. The van der Waals surface area contributed by atoms with Gasteiger partial charge in [-0.25, -0.2) is 4.39 Å². The Hall–Kier alpha value is -2.11. The van der Waals surface area contributed by atoms with E-state index in [2.05, 4.69) is 9.80 Å². The molecule has 0 amide bonds. The van der Waals surface area contributed by atoms with Crippen LogP contribution < -0.4 is 15.2 Å². The lowest BCUT2D eigenvalue weighted by Gasteiger charge is -2.37. The Kier molecular flexibility index (Phi) is 4.36. The van der Waals surface area contributed by atoms with Crippen molar-refractivity contribution in [1.29, 1.82) is 0 Å². The van der Waals surface area contributed by atoms with Gasteiger partial charge in [-0.3, -0.25) is 4.79 Å². The van der Waals surface area contributed by atoms with Crippen molar-refractivity contribution in [3.63, 3.8) is 0 Å². The van der Waals surface area contributed by atoms with Crippen molar-refractivity contribution in [2.75, 3.05) is 36.0 Å². The van der Waals surface area contributed by atoms with Crippen LogP contribution in [0.4, 0.5) is 15.8 Å². The molecule has 2 aromatic carbocycles. The summed E-state index contributed by atoms with van der Waals surface area (Å²) in [5.41, 5.74) is 1.78. The van der Waals surface area contributed by atoms with Gasteiger partial charge in [-0.05, 0) is 42.5 Å². The number of benzene rings is 2. The van der Waals surface area contributed by atoms with Crippen molar-refractivity contribution < 1.29 is 4.39 Å². The minimum absolute atomic E-state index is 0.0338. The summed E-state index contributed by atoms with van der Waals surface area (Å²) >= 11 is 7.61. The standard InChI is InChI=1S/C19H16ClFN2OS/c20-13-1-6-18-16(11-13)19(24)17(12-25-18)23-9-7-22(8-10-23)15-4-2-14(21)3-5-15/h1-6,11-12H,7-10H2. The zero-order chi connectivity index (χ0) is 17.4. The molecule has 1 aliphatic heterocycles. The summed E-state index contributed by atoms with van der Waals surface area (Å²) in [4.78, 5) is 17.2. The summed E-state index contributed by atoms with van der Waals surface area (Å²) in [5, 5.41) is 3.19. The molecule has 6 heteroatoms. The molecule has 0 N–H and O–H groups in total. The Bertz CT molecular complexity index is 965. The molecule has 0 radical (unpaired) electrons. The van der Waals surface area contributed by atoms with Crippen LogP contribution in [0.2, 0.25) is 5.02 Å². The Balaban J connectivity index is 1.56. The molecule has 25 heavy (non-hydrogen) atoms. The second-order valence-electron chi connectivity index (χ2n) is 6.04. The van der Waals surface area contributed by atoms with Crippen LogP contribution in [0.3, 0.4) is 0 Å². The van der Waals surface area contributed by atoms with Crippen molar-refractivity contribution in [2.45, 2.75) is 0 Å². The molecule has 3 aromatic rings. The van der Waals surface area contributed by atoms with Gasteiger partial charge in [0.25, 0.3) is 0 Å². The molecule has 0 bridgehead atoms. The highest BCUT2D eigenvalue weighted by molar-refractivity contribution is 7.16. The number of rotatable bonds is 2. The van der Waals surface area contributed by atoms with Gasteiger partial charge in [-0.1, -0.05) is 11.6 Å². The molecule has 0 saturated carbocycles. The van der Waals surface area contributed by atoms with E-state index < -0.39 is 0 Å². The molecule has 0 spiro atoms. The SMILES string of the molecule is O=c1c(N2CCN(c3ccc(F)cc3)CC2)csc2ccc(Cl)cc12. The highest BCUT2D eigenvalue weighted by atomic mass is 35.5. The van der Waals surface area contributed by atoms with Crippen LogP contribution in [-0.2, 0) is 0 Å². The predicted molar refractivity (Wildman–Crippen MR) is 104 cm³/mol. The normalized spacial score (nSPS) is 15.0. The topological polar surface area (TPSA) is 23.6 Å². The van der Waals surface area contributed by atoms with E-state index in [1.165, 1.54) is 12.1 Å². The average molecular weight is 375 g/mol. The maximum absolute atomic E-state index is 13.1. The number of hydrogen-bond donors (Lipinski definition) is 0. The highest BCUT2D eigenvalue weighted by Gasteiger charge is 2.20. The van der Waals surface area contributed by atoms with Gasteiger partial charge in [0.15, 0.2) is 0 Å². The molecule has 128 valence electrons. The molecular weight excluding hydrogens is 359 g/mol. The number of fused-ring (bicyclic) bond motifs is 1. The van der Waals surface area contributed by atoms with Crippen molar-refractivity contribution in [2.24, 2.45) is 0 Å². The van der Waals surface area contributed by atoms with Crippen LogP contribution in [0.15, 0.2) is 52.6 Å². The lowest BCUT2D eigenvalue weighted by atomic mass is 10.2. The van der Waals surface area contributed by atoms with Gasteiger partial charge in [0, 0.05) is 52.4 Å². The Morgan fingerprint density at radius 3 is 2.36 bits per heavy atom. The van der Waals surface area contributed by atoms with E-state index in [1.54, 1.807) is 35.6 Å². The first kappa shape index (κ1) is 16.4. The van der Waals surface area contributed by atoms with E-state index in [1.807, 2.05) is 11.4 Å². The van der Waals surface area contributed by atoms with E-state index in [9.17, 15) is 9.18 Å². The fraction of sp³-hybridized carbons (Fsp3) is 0.211. The van der Waals surface area contributed by atoms with Crippen LogP contribution in [0.1, 0.15) is 0 Å². The number of halogens is 2. The van der Waals surface area contributed by atoms with Crippen LogP contribution >= 0.6 is 22.9 Å². The third kappa shape index (κ3) is 3.22. The van der Waals surface area contributed by atoms with Gasteiger partial charge in [-0.15, -0.1) is 11.3 Å². The zero-order valence-corrected chi connectivity index (χ0v) is 15.0. The number of piperazine rings is 1. The highest BCUT2D eigenvalue weighted by Crippen LogP contribution is 2.25. The lowest BCUT2D eigenvalue weighted by Crippen LogP contribution is -2.47. The van der Waals surface area contributed by atoms with Crippen molar-refractivity contribution >= 4 is 44.4 Å².